The van der Waals surface area contributed by atoms with Crippen molar-refractivity contribution in [2.45, 2.75) is 19.9 Å². The Hall–Kier alpha value is -2.92. The van der Waals surface area contributed by atoms with Gasteiger partial charge in [-0.2, -0.15) is 0 Å². The van der Waals surface area contributed by atoms with Crippen molar-refractivity contribution in [2.24, 2.45) is 0 Å². The Kier molecular flexibility index (Phi) is 6.06. The number of benzene rings is 2. The summed E-state index contributed by atoms with van der Waals surface area (Å²) in [6.07, 6.45) is 2.78. The van der Waals surface area contributed by atoms with Gasteiger partial charge in [-0.25, -0.2) is 0 Å². The van der Waals surface area contributed by atoms with E-state index in [1.807, 2.05) is 66.6 Å². The maximum atomic E-state index is 13.5. The van der Waals surface area contributed by atoms with Crippen LogP contribution in [-0.4, -0.2) is 53.5 Å². The Balaban J connectivity index is 1.54. The molecule has 150 valence electrons. The van der Waals surface area contributed by atoms with Crippen LogP contribution in [0.3, 0.4) is 0 Å². The third-order valence-electron chi connectivity index (χ3n) is 5.39. The lowest BCUT2D eigenvalue weighted by atomic mass is 10.0. The highest BCUT2D eigenvalue weighted by Crippen LogP contribution is 2.30. The third-order valence-corrected chi connectivity index (χ3v) is 5.39. The fraction of sp³-hybridized carbons (Fsp3) is 0.333. The van der Waals surface area contributed by atoms with Crippen LogP contribution in [0.1, 0.15) is 29.4 Å². The molecule has 1 aliphatic rings. The van der Waals surface area contributed by atoms with Crippen LogP contribution in [0.5, 0.6) is 5.75 Å². The fourth-order valence-corrected chi connectivity index (χ4v) is 3.96. The lowest BCUT2D eigenvalue weighted by Crippen LogP contribution is -2.35. The number of amides is 1. The van der Waals surface area contributed by atoms with E-state index >= 15 is 0 Å². The Morgan fingerprint density at radius 3 is 2.69 bits per heavy atom. The summed E-state index contributed by atoms with van der Waals surface area (Å²) in [5, 5.41) is 2.02. The molecule has 1 amide bonds. The summed E-state index contributed by atoms with van der Waals surface area (Å²) in [7, 11) is 0. The van der Waals surface area contributed by atoms with Crippen molar-refractivity contribution in [2.75, 3.05) is 32.8 Å². The van der Waals surface area contributed by atoms with E-state index in [1.54, 1.807) is 0 Å². The van der Waals surface area contributed by atoms with E-state index in [2.05, 4.69) is 16.0 Å². The number of carbonyl (C=O) groups is 1. The Morgan fingerprint density at radius 1 is 1.00 bits per heavy atom. The zero-order chi connectivity index (χ0) is 20.1. The first-order chi connectivity index (χ1) is 14.3. The number of carbonyl (C=O) groups excluding carboxylic acids is 1. The largest absolute Gasteiger partial charge is 0.493 e. The van der Waals surface area contributed by atoms with Gasteiger partial charge in [-0.3, -0.25) is 14.7 Å². The van der Waals surface area contributed by atoms with E-state index in [0.29, 0.717) is 24.5 Å². The second kappa shape index (κ2) is 9.05. The molecule has 3 aromatic rings. The Labute approximate surface area is 171 Å². The molecule has 2 heterocycles. The zero-order valence-electron chi connectivity index (χ0n) is 16.9. The summed E-state index contributed by atoms with van der Waals surface area (Å²) in [4.78, 5) is 22.3. The summed E-state index contributed by atoms with van der Waals surface area (Å²) in [5.74, 6) is 0.732. The number of hydrogen-bond acceptors (Lipinski definition) is 4. The summed E-state index contributed by atoms with van der Waals surface area (Å²) in [5.41, 5.74) is 1.75. The van der Waals surface area contributed by atoms with Crippen LogP contribution in [0.25, 0.3) is 10.8 Å². The van der Waals surface area contributed by atoms with Gasteiger partial charge in [-0.05, 0) is 42.3 Å². The van der Waals surface area contributed by atoms with Gasteiger partial charge in [0, 0.05) is 38.9 Å². The summed E-state index contributed by atoms with van der Waals surface area (Å²) < 4.78 is 5.82. The molecule has 0 atom stereocenters. The molecule has 1 aliphatic heterocycles. The van der Waals surface area contributed by atoms with Crippen LogP contribution in [-0.2, 0) is 6.54 Å². The number of pyridine rings is 1. The van der Waals surface area contributed by atoms with Crippen molar-refractivity contribution in [3.05, 3.63) is 72.1 Å². The van der Waals surface area contributed by atoms with Crippen molar-refractivity contribution in [3.63, 3.8) is 0 Å². The van der Waals surface area contributed by atoms with Crippen molar-refractivity contribution < 1.29 is 9.53 Å². The molecule has 1 fully saturated rings. The maximum absolute atomic E-state index is 13.5. The molecule has 0 saturated carbocycles. The van der Waals surface area contributed by atoms with E-state index < -0.39 is 0 Å². The number of rotatable bonds is 5. The molecule has 0 spiro atoms. The molecule has 29 heavy (non-hydrogen) atoms. The molecular weight excluding hydrogens is 362 g/mol. The molecule has 5 nitrogen and oxygen atoms in total. The maximum Gasteiger partial charge on any atom is 0.258 e. The topological polar surface area (TPSA) is 45.7 Å². The minimum Gasteiger partial charge on any atom is -0.493 e. The van der Waals surface area contributed by atoms with Gasteiger partial charge in [0.1, 0.15) is 5.75 Å². The van der Waals surface area contributed by atoms with Crippen molar-refractivity contribution >= 4 is 16.7 Å². The highest BCUT2D eigenvalue weighted by molar-refractivity contribution is 6.09. The zero-order valence-corrected chi connectivity index (χ0v) is 16.9. The van der Waals surface area contributed by atoms with Crippen LogP contribution in [0.2, 0.25) is 0 Å². The minimum atomic E-state index is 0.0601. The third kappa shape index (κ3) is 4.40. The van der Waals surface area contributed by atoms with Gasteiger partial charge in [-0.15, -0.1) is 0 Å². The lowest BCUT2D eigenvalue weighted by molar-refractivity contribution is 0.0759. The van der Waals surface area contributed by atoms with Crippen molar-refractivity contribution in [1.82, 2.24) is 14.8 Å². The van der Waals surface area contributed by atoms with Gasteiger partial charge in [0.25, 0.3) is 5.91 Å². The molecule has 5 heteroatoms. The first-order valence-corrected chi connectivity index (χ1v) is 10.3. The molecule has 1 aromatic heterocycles. The van der Waals surface area contributed by atoms with Gasteiger partial charge in [0.05, 0.1) is 17.9 Å². The smallest absolute Gasteiger partial charge is 0.258 e. The average Bonchev–Trinajstić information content (AvgIpc) is 3.00. The van der Waals surface area contributed by atoms with Crippen molar-refractivity contribution in [1.29, 1.82) is 0 Å². The summed E-state index contributed by atoms with van der Waals surface area (Å²) >= 11 is 0. The quantitative estimate of drug-likeness (QED) is 0.662. The molecule has 0 bridgehead atoms. The normalized spacial score (nSPS) is 15.3. The van der Waals surface area contributed by atoms with Gasteiger partial charge < -0.3 is 9.64 Å². The highest BCUT2D eigenvalue weighted by atomic mass is 16.5. The fourth-order valence-electron chi connectivity index (χ4n) is 3.96. The number of ether oxygens (including phenoxy) is 1. The second-order valence-corrected chi connectivity index (χ2v) is 7.34. The van der Waals surface area contributed by atoms with Crippen LogP contribution in [0, 0.1) is 0 Å². The van der Waals surface area contributed by atoms with Crippen LogP contribution >= 0.6 is 0 Å². The molecule has 0 N–H and O–H groups in total. The molecule has 1 saturated heterocycles. The standard InChI is InChI=1S/C24H27N3O2/c1-2-29-22-12-11-19-8-3-4-10-21(19)23(22)24(28)27-15-7-14-26(16-17-27)18-20-9-5-6-13-25-20/h3-6,8-13H,2,7,14-18H2,1H3. The monoisotopic (exact) mass is 389 g/mol. The van der Waals surface area contributed by atoms with E-state index in [-0.39, 0.29) is 5.91 Å². The number of aromatic nitrogens is 1. The molecule has 0 radical (unpaired) electrons. The molecule has 0 aliphatic carbocycles. The predicted molar refractivity (Wildman–Crippen MR) is 115 cm³/mol. The van der Waals surface area contributed by atoms with Crippen LogP contribution < -0.4 is 4.74 Å². The number of nitrogens with zero attached hydrogens (tertiary/aromatic N) is 3. The van der Waals surface area contributed by atoms with Gasteiger partial charge in [0.2, 0.25) is 0 Å². The summed E-state index contributed by atoms with van der Waals surface area (Å²) in [6, 6.07) is 18.0. The Morgan fingerprint density at radius 2 is 1.86 bits per heavy atom. The summed E-state index contributed by atoms with van der Waals surface area (Å²) in [6.45, 7) is 6.58. The lowest BCUT2D eigenvalue weighted by Gasteiger charge is -2.23. The first-order valence-electron chi connectivity index (χ1n) is 10.3. The van der Waals surface area contributed by atoms with Crippen molar-refractivity contribution in [3.8, 4) is 5.75 Å². The number of fused-ring (bicyclic) bond motifs is 1. The molecule has 4 rings (SSSR count). The van der Waals surface area contributed by atoms with E-state index in [0.717, 1.165) is 49.1 Å². The molecule has 2 aromatic carbocycles. The van der Waals surface area contributed by atoms with E-state index in [4.69, 9.17) is 4.74 Å². The molecular formula is C24H27N3O2. The van der Waals surface area contributed by atoms with Crippen LogP contribution in [0.4, 0.5) is 0 Å². The van der Waals surface area contributed by atoms with Gasteiger partial charge in [0.15, 0.2) is 0 Å². The predicted octanol–water partition coefficient (Wildman–Crippen LogP) is 3.98. The van der Waals surface area contributed by atoms with Gasteiger partial charge in [-0.1, -0.05) is 36.4 Å². The highest BCUT2D eigenvalue weighted by Gasteiger charge is 2.25. The van der Waals surface area contributed by atoms with E-state index in [9.17, 15) is 4.79 Å². The minimum absolute atomic E-state index is 0.0601. The van der Waals surface area contributed by atoms with Crippen LogP contribution in [0.15, 0.2) is 60.8 Å². The first kappa shape index (κ1) is 19.4. The van der Waals surface area contributed by atoms with E-state index in [1.165, 1.54) is 0 Å². The SMILES string of the molecule is CCOc1ccc2ccccc2c1C(=O)N1CCCN(Cc2ccccn2)CC1. The Bertz CT molecular complexity index is 974. The second-order valence-electron chi connectivity index (χ2n) is 7.34. The number of hydrogen-bond donors (Lipinski definition) is 0. The molecule has 0 unspecified atom stereocenters. The van der Waals surface area contributed by atoms with Gasteiger partial charge >= 0.3 is 0 Å². The average molecular weight is 389 g/mol.